The molecule has 74 valence electrons. The quantitative estimate of drug-likeness (QED) is 0.912. The summed E-state index contributed by atoms with van der Waals surface area (Å²) in [5, 5.41) is 9.02. The molecule has 0 bridgehead atoms. The molecule has 0 aliphatic carbocycles. The second-order valence-corrected chi connectivity index (χ2v) is 6.27. The maximum Gasteiger partial charge on any atom is 0.181 e. The lowest BCUT2D eigenvalue weighted by Crippen LogP contribution is -1.85. The smallest absolute Gasteiger partial charge is 0.181 e. The molecule has 3 nitrogen and oxygen atoms in total. The van der Waals surface area contributed by atoms with Crippen LogP contribution in [0.4, 0.5) is 0 Å². The van der Waals surface area contributed by atoms with Crippen LogP contribution in [0, 0.1) is 0 Å². The van der Waals surface area contributed by atoms with Crippen LogP contribution in [0.5, 0.6) is 0 Å². The first-order chi connectivity index (χ1) is 6.72. The van der Waals surface area contributed by atoms with Crippen molar-refractivity contribution in [2.45, 2.75) is 6.61 Å². The van der Waals surface area contributed by atoms with Crippen LogP contribution < -0.4 is 0 Å². The number of nitrogens with zero attached hydrogens (tertiary/aromatic N) is 1. The van der Waals surface area contributed by atoms with Gasteiger partial charge in [-0.25, -0.2) is 4.98 Å². The van der Waals surface area contributed by atoms with E-state index in [2.05, 4.69) is 36.8 Å². The molecule has 1 N–H and O–H groups in total. The molecule has 2 aromatic rings. The van der Waals surface area contributed by atoms with Crippen LogP contribution >= 0.6 is 43.2 Å². The lowest BCUT2D eigenvalue weighted by molar-refractivity contribution is 0.277. The van der Waals surface area contributed by atoms with Crippen molar-refractivity contribution in [3.63, 3.8) is 0 Å². The Bertz CT molecular complexity index is 452. The maximum absolute atomic E-state index is 9.02. The van der Waals surface area contributed by atoms with Crippen molar-refractivity contribution in [3.8, 4) is 11.3 Å². The number of aromatic nitrogens is 1. The highest BCUT2D eigenvalue weighted by molar-refractivity contribution is 9.12. The summed E-state index contributed by atoms with van der Waals surface area (Å²) in [6.45, 7) is -0.119. The molecule has 0 saturated heterocycles. The van der Waals surface area contributed by atoms with Crippen LogP contribution in [-0.2, 0) is 6.61 Å². The van der Waals surface area contributed by atoms with Gasteiger partial charge in [-0.3, -0.25) is 0 Å². The van der Waals surface area contributed by atoms with E-state index in [-0.39, 0.29) is 6.61 Å². The number of aliphatic hydroxyl groups excluding tert-OH is 1. The predicted octanol–water partition coefficient (Wildman–Crippen LogP) is 3.42. The zero-order chi connectivity index (χ0) is 10.1. The summed E-state index contributed by atoms with van der Waals surface area (Å²) >= 11 is 8.35. The Kier molecular flexibility index (Phi) is 3.06. The zero-order valence-electron chi connectivity index (χ0n) is 6.83. The average Bonchev–Trinajstić information content (AvgIpc) is 2.71. The molecule has 0 aromatic carbocycles. The number of rotatable bonds is 2. The Balaban J connectivity index is 2.53. The summed E-state index contributed by atoms with van der Waals surface area (Å²) < 4.78 is 7.17. The van der Waals surface area contributed by atoms with Gasteiger partial charge in [0.05, 0.1) is 14.2 Å². The first-order valence-electron chi connectivity index (χ1n) is 3.70. The van der Waals surface area contributed by atoms with Crippen LogP contribution in [0.1, 0.15) is 5.69 Å². The topological polar surface area (TPSA) is 46.3 Å². The van der Waals surface area contributed by atoms with Gasteiger partial charge in [-0.2, -0.15) is 0 Å². The van der Waals surface area contributed by atoms with Gasteiger partial charge in [-0.15, -0.1) is 11.3 Å². The molecule has 0 saturated carbocycles. The lowest BCUT2D eigenvalue weighted by atomic mass is 10.2. The van der Waals surface area contributed by atoms with Gasteiger partial charge in [0.15, 0.2) is 12.2 Å². The third-order valence-corrected chi connectivity index (χ3v) is 4.03. The first kappa shape index (κ1) is 10.4. The number of thiophene rings is 1. The molecular formula is C8H5Br2NO2S. The Morgan fingerprint density at radius 3 is 2.86 bits per heavy atom. The first-order valence-corrected chi connectivity index (χ1v) is 6.11. The fraction of sp³-hybridized carbons (Fsp3) is 0.125. The van der Waals surface area contributed by atoms with Gasteiger partial charge in [0, 0.05) is 5.56 Å². The minimum atomic E-state index is -0.119. The Morgan fingerprint density at radius 1 is 1.50 bits per heavy atom. The summed E-state index contributed by atoms with van der Waals surface area (Å²) in [6.07, 6.45) is 1.33. The van der Waals surface area contributed by atoms with E-state index < -0.39 is 0 Å². The molecule has 0 spiro atoms. The molecule has 2 aromatic heterocycles. The summed E-state index contributed by atoms with van der Waals surface area (Å²) in [4.78, 5) is 3.91. The van der Waals surface area contributed by atoms with Crippen LogP contribution in [0.2, 0.25) is 0 Å². The van der Waals surface area contributed by atoms with Crippen molar-refractivity contribution in [1.82, 2.24) is 4.98 Å². The van der Waals surface area contributed by atoms with Gasteiger partial charge in [0.2, 0.25) is 0 Å². The highest BCUT2D eigenvalue weighted by atomic mass is 79.9. The van der Waals surface area contributed by atoms with E-state index in [4.69, 9.17) is 9.52 Å². The molecule has 0 amide bonds. The molecule has 0 atom stereocenters. The van der Waals surface area contributed by atoms with Crippen LogP contribution in [-0.4, -0.2) is 10.1 Å². The monoisotopic (exact) mass is 337 g/mol. The van der Waals surface area contributed by atoms with Crippen LogP contribution in [0.25, 0.3) is 11.3 Å². The molecule has 0 aliphatic rings. The zero-order valence-corrected chi connectivity index (χ0v) is 10.8. The van der Waals surface area contributed by atoms with Crippen molar-refractivity contribution in [3.05, 3.63) is 25.7 Å². The van der Waals surface area contributed by atoms with Crippen molar-refractivity contribution in [1.29, 1.82) is 0 Å². The molecule has 0 aliphatic heterocycles. The van der Waals surface area contributed by atoms with Crippen molar-refractivity contribution >= 4 is 43.2 Å². The third-order valence-electron chi connectivity index (χ3n) is 1.69. The van der Waals surface area contributed by atoms with Gasteiger partial charge in [0.25, 0.3) is 0 Å². The molecular weight excluding hydrogens is 334 g/mol. The Hall–Kier alpha value is -0.170. The number of oxazole rings is 1. The van der Waals surface area contributed by atoms with E-state index in [1.54, 1.807) is 11.3 Å². The van der Waals surface area contributed by atoms with E-state index in [1.807, 2.05) is 6.07 Å². The highest BCUT2D eigenvalue weighted by Gasteiger charge is 2.15. The Labute approximate surface area is 101 Å². The summed E-state index contributed by atoms with van der Waals surface area (Å²) in [7, 11) is 0. The molecule has 0 fully saturated rings. The van der Waals surface area contributed by atoms with Gasteiger partial charge >= 0.3 is 0 Å². The van der Waals surface area contributed by atoms with Gasteiger partial charge in [0.1, 0.15) is 5.69 Å². The molecule has 6 heteroatoms. The van der Waals surface area contributed by atoms with E-state index in [0.717, 1.165) is 13.1 Å². The van der Waals surface area contributed by atoms with E-state index >= 15 is 0 Å². The number of halogens is 2. The van der Waals surface area contributed by atoms with Crippen LogP contribution in [0.15, 0.2) is 24.4 Å². The fourth-order valence-electron chi connectivity index (χ4n) is 1.10. The van der Waals surface area contributed by atoms with E-state index in [9.17, 15) is 0 Å². The fourth-order valence-corrected chi connectivity index (χ4v) is 3.89. The maximum atomic E-state index is 9.02. The van der Waals surface area contributed by atoms with Crippen molar-refractivity contribution in [2.24, 2.45) is 0 Å². The lowest BCUT2D eigenvalue weighted by Gasteiger charge is -1.94. The highest BCUT2D eigenvalue weighted by Crippen LogP contribution is 2.39. The molecule has 14 heavy (non-hydrogen) atoms. The number of aliphatic hydroxyl groups is 1. The third kappa shape index (κ3) is 1.79. The largest absolute Gasteiger partial charge is 0.443 e. The van der Waals surface area contributed by atoms with Gasteiger partial charge in [-0.05, 0) is 37.9 Å². The van der Waals surface area contributed by atoms with Gasteiger partial charge < -0.3 is 9.52 Å². The standard InChI is InChI=1S/C8H5Br2NO2S/c9-6-1-4(8(10)14-6)7-5(2-12)11-3-13-7/h1,3,12H,2H2. The van der Waals surface area contributed by atoms with Crippen molar-refractivity contribution < 1.29 is 9.52 Å². The Morgan fingerprint density at radius 2 is 2.29 bits per heavy atom. The van der Waals surface area contributed by atoms with Crippen LogP contribution in [0.3, 0.4) is 0 Å². The van der Waals surface area contributed by atoms with E-state index in [1.165, 1.54) is 6.39 Å². The number of hydrogen-bond acceptors (Lipinski definition) is 4. The summed E-state index contributed by atoms with van der Waals surface area (Å²) in [5.41, 5.74) is 1.46. The molecule has 2 heterocycles. The SMILES string of the molecule is OCc1ncoc1-c1cc(Br)sc1Br. The van der Waals surface area contributed by atoms with E-state index in [0.29, 0.717) is 11.5 Å². The number of hydrogen-bond donors (Lipinski definition) is 1. The normalized spacial score (nSPS) is 10.8. The van der Waals surface area contributed by atoms with Crippen molar-refractivity contribution in [2.75, 3.05) is 0 Å². The minimum Gasteiger partial charge on any atom is -0.443 e. The second kappa shape index (κ2) is 4.14. The molecule has 0 unspecified atom stereocenters. The predicted molar refractivity (Wildman–Crippen MR) is 61.1 cm³/mol. The molecule has 0 radical (unpaired) electrons. The molecule has 2 rings (SSSR count). The van der Waals surface area contributed by atoms with Gasteiger partial charge in [-0.1, -0.05) is 0 Å². The average molecular weight is 339 g/mol. The summed E-state index contributed by atoms with van der Waals surface area (Å²) in [5.74, 6) is 0.612. The second-order valence-electron chi connectivity index (χ2n) is 2.52. The summed E-state index contributed by atoms with van der Waals surface area (Å²) in [6, 6.07) is 1.93. The minimum absolute atomic E-state index is 0.119.